The molecule has 41 heavy (non-hydrogen) atoms. The van der Waals surface area contributed by atoms with Crippen LogP contribution >= 0.6 is 0 Å². The van der Waals surface area contributed by atoms with Gasteiger partial charge in [-0.2, -0.15) is 26.3 Å². The van der Waals surface area contributed by atoms with Crippen molar-refractivity contribution in [3.8, 4) is 22.7 Å². The number of alkyl halides is 6. The Bertz CT molecular complexity index is 1990. The van der Waals surface area contributed by atoms with Crippen LogP contribution in [0.4, 0.5) is 26.3 Å². The fourth-order valence-corrected chi connectivity index (χ4v) is 6.66. The Kier molecular flexibility index (Phi) is 7.49. The van der Waals surface area contributed by atoms with Crippen molar-refractivity contribution in [2.24, 2.45) is 4.36 Å². The van der Waals surface area contributed by atoms with E-state index in [1.165, 1.54) is 19.1 Å². The predicted octanol–water partition coefficient (Wildman–Crippen LogP) is 5.62. The van der Waals surface area contributed by atoms with E-state index in [1.807, 2.05) is 0 Å². The highest BCUT2D eigenvalue weighted by Gasteiger charge is 2.47. The number of sulfone groups is 2. The van der Waals surface area contributed by atoms with Gasteiger partial charge in [-0.05, 0) is 42.0 Å². The van der Waals surface area contributed by atoms with E-state index >= 15 is 0 Å². The standard InChI is InChI=1S/C23H17F6N3O6S3/c1-3-39(33,34)19-10-14(13-4-6-15(7-5-13)40(35,30-2)22(24,25)26)12-31-20(19)21-32-17-11-16(8-9-18(17)38-21)41(36,37)23(27,28)29/h4-12H,3H2,1-2H3. The van der Waals surface area contributed by atoms with Crippen LogP contribution in [0.1, 0.15) is 6.92 Å². The summed E-state index contributed by atoms with van der Waals surface area (Å²) in [6.45, 7) is 1.32. The van der Waals surface area contributed by atoms with Crippen LogP contribution in [0.25, 0.3) is 33.8 Å². The van der Waals surface area contributed by atoms with Gasteiger partial charge in [0, 0.05) is 18.8 Å². The number of benzene rings is 2. The summed E-state index contributed by atoms with van der Waals surface area (Å²) in [7, 11) is -13.7. The number of hydrogen-bond donors (Lipinski definition) is 0. The van der Waals surface area contributed by atoms with Gasteiger partial charge in [0.05, 0.1) is 20.4 Å². The summed E-state index contributed by atoms with van der Waals surface area (Å²) in [5, 5.41) is 0. The molecule has 0 amide bonds. The minimum atomic E-state index is -5.70. The lowest BCUT2D eigenvalue weighted by molar-refractivity contribution is -0.0437. The van der Waals surface area contributed by atoms with Crippen LogP contribution in [0, 0.1) is 0 Å². The Balaban J connectivity index is 1.83. The van der Waals surface area contributed by atoms with Gasteiger partial charge in [-0.25, -0.2) is 35.4 Å². The summed E-state index contributed by atoms with van der Waals surface area (Å²) >= 11 is 0. The molecule has 0 aliphatic carbocycles. The fourth-order valence-electron chi connectivity index (χ4n) is 3.64. The second-order valence-electron chi connectivity index (χ2n) is 8.25. The number of rotatable bonds is 6. The fraction of sp³-hybridized carbons (Fsp3) is 0.217. The summed E-state index contributed by atoms with van der Waals surface area (Å²) in [4.78, 5) is 5.90. The van der Waals surface area contributed by atoms with Crippen molar-refractivity contribution < 1.29 is 51.8 Å². The predicted molar refractivity (Wildman–Crippen MR) is 134 cm³/mol. The molecular formula is C23H17F6N3O6S3. The van der Waals surface area contributed by atoms with Crippen LogP contribution in [0.5, 0.6) is 0 Å². The second kappa shape index (κ2) is 10.1. The van der Waals surface area contributed by atoms with Gasteiger partial charge in [-0.15, -0.1) is 0 Å². The molecular weight excluding hydrogens is 624 g/mol. The maximum Gasteiger partial charge on any atom is 0.501 e. The van der Waals surface area contributed by atoms with Crippen LogP contribution in [0.3, 0.4) is 0 Å². The molecule has 0 aliphatic rings. The van der Waals surface area contributed by atoms with Gasteiger partial charge in [0.2, 0.25) is 5.89 Å². The molecule has 0 fully saturated rings. The van der Waals surface area contributed by atoms with Crippen molar-refractivity contribution in [1.29, 1.82) is 0 Å². The van der Waals surface area contributed by atoms with Crippen LogP contribution in [0.2, 0.25) is 0 Å². The number of pyridine rings is 1. The average Bonchev–Trinajstić information content (AvgIpc) is 3.34. The molecule has 0 aliphatic heterocycles. The first kappa shape index (κ1) is 30.4. The van der Waals surface area contributed by atoms with E-state index in [0.29, 0.717) is 12.1 Å². The molecule has 0 saturated carbocycles. The summed E-state index contributed by atoms with van der Waals surface area (Å²) in [6, 6.07) is 7.58. The number of oxazole rings is 1. The van der Waals surface area contributed by atoms with Gasteiger partial charge in [0.1, 0.15) is 11.2 Å². The lowest BCUT2D eigenvalue weighted by atomic mass is 10.1. The quantitative estimate of drug-likeness (QED) is 0.248. The maximum atomic E-state index is 13.3. The summed E-state index contributed by atoms with van der Waals surface area (Å²) in [6.07, 6.45) is 1.15. The van der Waals surface area contributed by atoms with Crippen LogP contribution in [0.15, 0.2) is 78.2 Å². The maximum absolute atomic E-state index is 13.3. The second-order valence-corrected chi connectivity index (χ2v) is 14.8. The van der Waals surface area contributed by atoms with Crippen LogP contribution in [-0.2, 0) is 29.4 Å². The molecule has 2 heterocycles. The van der Waals surface area contributed by atoms with Gasteiger partial charge in [-0.1, -0.05) is 19.1 Å². The zero-order valence-corrected chi connectivity index (χ0v) is 23.1. The molecule has 4 aromatic rings. The molecule has 1 unspecified atom stereocenters. The van der Waals surface area contributed by atoms with E-state index in [0.717, 1.165) is 37.5 Å². The lowest BCUT2D eigenvalue weighted by Crippen LogP contribution is -2.23. The van der Waals surface area contributed by atoms with Crippen molar-refractivity contribution in [2.45, 2.75) is 32.6 Å². The molecule has 0 saturated heterocycles. The molecule has 0 spiro atoms. The zero-order chi connectivity index (χ0) is 30.6. The highest BCUT2D eigenvalue weighted by Crippen LogP contribution is 2.36. The van der Waals surface area contributed by atoms with Crippen molar-refractivity contribution in [3.63, 3.8) is 0 Å². The van der Waals surface area contributed by atoms with Crippen LogP contribution in [-0.4, -0.2) is 54.8 Å². The Hall–Kier alpha value is -3.51. The summed E-state index contributed by atoms with van der Waals surface area (Å²) in [5.41, 5.74) is -11.2. The third-order valence-electron chi connectivity index (χ3n) is 5.82. The number of nitrogens with zero attached hydrogens (tertiary/aromatic N) is 3. The third kappa shape index (κ3) is 5.30. The van der Waals surface area contributed by atoms with E-state index in [2.05, 4.69) is 14.3 Å². The average molecular weight is 642 g/mol. The zero-order valence-electron chi connectivity index (χ0n) is 20.7. The Labute approximate surface area is 229 Å². The van der Waals surface area contributed by atoms with Crippen molar-refractivity contribution >= 4 is 40.5 Å². The third-order valence-corrected chi connectivity index (χ3v) is 11.1. The molecule has 0 radical (unpaired) electrons. The van der Waals surface area contributed by atoms with E-state index in [1.54, 1.807) is 0 Å². The minimum absolute atomic E-state index is 0.133. The molecule has 18 heteroatoms. The molecule has 2 aromatic carbocycles. The van der Waals surface area contributed by atoms with E-state index in [4.69, 9.17) is 4.42 Å². The molecule has 0 N–H and O–H groups in total. The van der Waals surface area contributed by atoms with Gasteiger partial charge >= 0.3 is 11.0 Å². The van der Waals surface area contributed by atoms with Crippen molar-refractivity contribution in [1.82, 2.24) is 9.97 Å². The first-order valence-corrected chi connectivity index (χ1v) is 15.8. The van der Waals surface area contributed by atoms with Crippen molar-refractivity contribution in [3.05, 3.63) is 54.7 Å². The van der Waals surface area contributed by atoms with Gasteiger partial charge in [-0.3, -0.25) is 0 Å². The SMILES string of the molecule is CCS(=O)(=O)c1cc(-c2ccc(S(=O)(=NC)C(F)(F)F)cc2)cnc1-c1nc2cc(S(=O)(=O)C(F)(F)F)ccc2o1. The first-order valence-electron chi connectivity index (χ1n) is 11.1. The number of hydrogen-bond acceptors (Lipinski definition) is 9. The Morgan fingerprint density at radius 3 is 1.98 bits per heavy atom. The van der Waals surface area contributed by atoms with Gasteiger partial charge in [0.25, 0.3) is 9.84 Å². The largest absolute Gasteiger partial charge is 0.501 e. The summed E-state index contributed by atoms with van der Waals surface area (Å²) in [5.74, 6) is -0.867. The Morgan fingerprint density at radius 2 is 1.44 bits per heavy atom. The number of halogens is 6. The smallest absolute Gasteiger partial charge is 0.435 e. The number of aromatic nitrogens is 2. The lowest BCUT2D eigenvalue weighted by Gasteiger charge is -2.14. The van der Waals surface area contributed by atoms with E-state index in [9.17, 15) is 47.4 Å². The van der Waals surface area contributed by atoms with Gasteiger partial charge in [0.15, 0.2) is 25.1 Å². The Morgan fingerprint density at radius 1 is 0.829 bits per heavy atom. The molecule has 220 valence electrons. The minimum Gasteiger partial charge on any atom is -0.435 e. The molecule has 1 atom stereocenters. The number of fused-ring (bicyclic) bond motifs is 1. The first-order chi connectivity index (χ1) is 18.9. The van der Waals surface area contributed by atoms with Gasteiger partial charge < -0.3 is 4.42 Å². The molecule has 2 aromatic heterocycles. The molecule has 9 nitrogen and oxygen atoms in total. The summed E-state index contributed by atoms with van der Waals surface area (Å²) < 4.78 is 149. The van der Waals surface area contributed by atoms with E-state index in [-0.39, 0.29) is 27.9 Å². The van der Waals surface area contributed by atoms with Crippen molar-refractivity contribution in [2.75, 3.05) is 12.8 Å². The topological polar surface area (TPSA) is 137 Å². The van der Waals surface area contributed by atoms with E-state index < -0.39 is 66.8 Å². The highest BCUT2D eigenvalue weighted by atomic mass is 32.2. The molecule has 0 bridgehead atoms. The highest BCUT2D eigenvalue weighted by molar-refractivity contribution is 7.94. The van der Waals surface area contributed by atoms with Crippen LogP contribution < -0.4 is 0 Å². The molecule has 4 rings (SSSR count). The monoisotopic (exact) mass is 641 g/mol. The normalized spacial score (nSPS) is 14.6.